The molecule has 2 saturated carbocycles. The van der Waals surface area contributed by atoms with Gasteiger partial charge in [0.15, 0.2) is 5.65 Å². The number of fused-ring (bicyclic) bond motifs is 3. The molecule has 5 rings (SSSR count). The van der Waals surface area contributed by atoms with Crippen LogP contribution in [0.25, 0.3) is 16.8 Å². The standard InChI is InChI=1S/C33H52N6O3Si2/c1-34-33(40)29-11-10-26(20-35-29)28-21-36-39-31(19-30(37-32(28)39)27-17-24-8-9-25(16-24)18-27)38(22-41-12-14-43(2,3)4)23-42-13-15-44(5,6)7/h10-11,19-21,24-25,27H,8-9,12-18,22-23H2,1-7H3,(H,34,40)/t24-,25+,27?. The van der Waals surface area contributed by atoms with Crippen LogP contribution in [0.1, 0.15) is 54.2 Å². The quantitative estimate of drug-likeness (QED) is 0.117. The lowest BCUT2D eigenvalue weighted by Gasteiger charge is -2.30. The minimum absolute atomic E-state index is 0.204. The van der Waals surface area contributed by atoms with Gasteiger partial charge in [0.05, 0.1) is 6.20 Å². The lowest BCUT2D eigenvalue weighted by Crippen LogP contribution is -2.33. The molecule has 3 heterocycles. The van der Waals surface area contributed by atoms with Gasteiger partial charge in [0.25, 0.3) is 5.91 Å². The Balaban J connectivity index is 1.51. The van der Waals surface area contributed by atoms with Gasteiger partial charge in [-0.25, -0.2) is 4.98 Å². The van der Waals surface area contributed by atoms with Gasteiger partial charge in [-0.3, -0.25) is 9.78 Å². The summed E-state index contributed by atoms with van der Waals surface area (Å²) in [5.74, 6) is 2.79. The molecule has 0 spiro atoms. The van der Waals surface area contributed by atoms with Crippen LogP contribution in [0.15, 0.2) is 30.6 Å². The van der Waals surface area contributed by atoms with Gasteiger partial charge in [-0.1, -0.05) is 58.2 Å². The molecule has 3 aromatic heterocycles. The second-order valence-electron chi connectivity index (χ2n) is 15.3. The fourth-order valence-corrected chi connectivity index (χ4v) is 7.96. The van der Waals surface area contributed by atoms with E-state index in [4.69, 9.17) is 19.6 Å². The molecule has 1 unspecified atom stereocenters. The number of nitrogens with one attached hydrogen (secondary N) is 1. The van der Waals surface area contributed by atoms with Crippen molar-refractivity contribution in [3.63, 3.8) is 0 Å². The second-order valence-corrected chi connectivity index (χ2v) is 26.5. The van der Waals surface area contributed by atoms with E-state index in [0.29, 0.717) is 25.1 Å². The van der Waals surface area contributed by atoms with Crippen molar-refractivity contribution in [3.05, 3.63) is 42.0 Å². The third kappa shape index (κ3) is 8.35. The molecule has 2 fully saturated rings. The van der Waals surface area contributed by atoms with E-state index in [-0.39, 0.29) is 5.91 Å². The van der Waals surface area contributed by atoms with Crippen LogP contribution in [0.2, 0.25) is 51.4 Å². The number of carbonyl (C=O) groups excluding carboxylic acids is 1. The molecule has 0 saturated heterocycles. The molecule has 3 atom stereocenters. The minimum Gasteiger partial charge on any atom is -0.361 e. The van der Waals surface area contributed by atoms with E-state index < -0.39 is 16.1 Å². The monoisotopic (exact) mass is 636 g/mol. The van der Waals surface area contributed by atoms with E-state index in [1.165, 1.54) is 32.1 Å². The summed E-state index contributed by atoms with van der Waals surface area (Å²) in [6.07, 6.45) is 10.1. The fourth-order valence-electron chi connectivity index (χ4n) is 6.44. The minimum atomic E-state index is -1.22. The van der Waals surface area contributed by atoms with Crippen LogP contribution in [-0.2, 0) is 9.47 Å². The van der Waals surface area contributed by atoms with Gasteiger partial charge >= 0.3 is 0 Å². The molecule has 0 aromatic carbocycles. The van der Waals surface area contributed by atoms with Crippen LogP contribution in [0.4, 0.5) is 5.82 Å². The average molecular weight is 637 g/mol. The zero-order chi connectivity index (χ0) is 31.5. The number of rotatable bonds is 14. The van der Waals surface area contributed by atoms with E-state index in [9.17, 15) is 4.79 Å². The Morgan fingerprint density at radius 2 is 1.59 bits per heavy atom. The van der Waals surface area contributed by atoms with Crippen LogP contribution in [-0.4, -0.2) is 75.4 Å². The lowest BCUT2D eigenvalue weighted by molar-refractivity contribution is 0.0941. The molecule has 1 amide bonds. The molecule has 240 valence electrons. The molecule has 2 aliphatic carbocycles. The lowest BCUT2D eigenvalue weighted by atomic mass is 9.79. The highest BCUT2D eigenvalue weighted by atomic mass is 28.3. The Morgan fingerprint density at radius 3 is 2.14 bits per heavy atom. The highest BCUT2D eigenvalue weighted by Gasteiger charge is 2.36. The first kappa shape index (κ1) is 32.8. The smallest absolute Gasteiger partial charge is 0.269 e. The SMILES string of the molecule is CNC(=O)c1ccc(-c2cnn3c(N(COCC[Si](C)(C)C)COCC[Si](C)(C)C)cc(C4C[C@H]5CC[C@@H](C4)C5)nc23)cn1. The van der Waals surface area contributed by atoms with Crippen molar-refractivity contribution >= 4 is 33.5 Å². The maximum Gasteiger partial charge on any atom is 0.269 e. The predicted molar refractivity (Wildman–Crippen MR) is 183 cm³/mol. The van der Waals surface area contributed by atoms with Crippen molar-refractivity contribution < 1.29 is 14.3 Å². The average Bonchev–Trinajstić information content (AvgIpc) is 3.56. The molecule has 11 heteroatoms. The molecule has 2 bridgehead atoms. The number of hydrogen-bond acceptors (Lipinski definition) is 7. The number of hydrogen-bond donors (Lipinski definition) is 1. The molecule has 0 radical (unpaired) electrons. The van der Waals surface area contributed by atoms with Gasteiger partial charge in [0.2, 0.25) is 0 Å². The predicted octanol–water partition coefficient (Wildman–Crippen LogP) is 6.88. The van der Waals surface area contributed by atoms with Crippen LogP contribution in [0.5, 0.6) is 0 Å². The normalized spacial score (nSPS) is 20.3. The van der Waals surface area contributed by atoms with E-state index >= 15 is 0 Å². The molecule has 44 heavy (non-hydrogen) atoms. The van der Waals surface area contributed by atoms with Crippen molar-refractivity contribution in [1.29, 1.82) is 0 Å². The van der Waals surface area contributed by atoms with Crippen LogP contribution in [0.3, 0.4) is 0 Å². The summed E-state index contributed by atoms with van der Waals surface area (Å²) < 4.78 is 14.6. The number of nitrogens with zero attached hydrogens (tertiary/aromatic N) is 5. The molecule has 2 aliphatic rings. The zero-order valence-electron chi connectivity index (χ0n) is 27.9. The molecular weight excluding hydrogens is 585 g/mol. The third-order valence-electron chi connectivity index (χ3n) is 9.12. The second kappa shape index (κ2) is 13.8. The number of ether oxygens (including phenoxy) is 2. The highest BCUT2D eigenvalue weighted by Crippen LogP contribution is 2.48. The summed E-state index contributed by atoms with van der Waals surface area (Å²) in [4.78, 5) is 24.0. The number of pyridine rings is 1. The number of carbonyl (C=O) groups is 1. The van der Waals surface area contributed by atoms with Gasteiger partial charge in [0, 0.05) is 71.4 Å². The van der Waals surface area contributed by atoms with Crippen molar-refractivity contribution in [3.8, 4) is 11.1 Å². The van der Waals surface area contributed by atoms with Crippen molar-refractivity contribution in [2.75, 3.05) is 38.6 Å². The maximum absolute atomic E-state index is 12.1. The Labute approximate surface area is 265 Å². The first-order valence-electron chi connectivity index (χ1n) is 16.4. The number of anilines is 1. The molecule has 1 N–H and O–H groups in total. The fraction of sp³-hybridized carbons (Fsp3) is 0.636. The van der Waals surface area contributed by atoms with Gasteiger partial charge in [-0.2, -0.15) is 9.61 Å². The van der Waals surface area contributed by atoms with E-state index in [0.717, 1.165) is 65.4 Å². The van der Waals surface area contributed by atoms with Gasteiger partial charge in [-0.05, 0) is 49.3 Å². The number of amides is 1. The summed E-state index contributed by atoms with van der Waals surface area (Å²) in [5.41, 5.74) is 4.12. The van der Waals surface area contributed by atoms with Crippen molar-refractivity contribution in [1.82, 2.24) is 24.9 Å². The molecule has 0 aliphatic heterocycles. The van der Waals surface area contributed by atoms with E-state index in [2.05, 4.69) is 60.5 Å². The maximum atomic E-state index is 12.1. The molecule has 9 nitrogen and oxygen atoms in total. The topological polar surface area (TPSA) is 93.9 Å². The van der Waals surface area contributed by atoms with Gasteiger partial charge < -0.3 is 19.7 Å². The summed E-state index contributed by atoms with van der Waals surface area (Å²) >= 11 is 0. The summed E-state index contributed by atoms with van der Waals surface area (Å²) in [7, 11) is -0.826. The van der Waals surface area contributed by atoms with E-state index in [1.54, 1.807) is 19.3 Å². The Hall–Kier alpha value is -2.61. The van der Waals surface area contributed by atoms with Crippen molar-refractivity contribution in [2.24, 2.45) is 11.8 Å². The van der Waals surface area contributed by atoms with Crippen LogP contribution in [0, 0.1) is 11.8 Å². The summed E-state index contributed by atoms with van der Waals surface area (Å²) in [6, 6.07) is 8.16. The van der Waals surface area contributed by atoms with Crippen LogP contribution < -0.4 is 10.2 Å². The largest absolute Gasteiger partial charge is 0.361 e. The van der Waals surface area contributed by atoms with E-state index in [1.807, 2.05) is 16.8 Å². The van der Waals surface area contributed by atoms with Crippen molar-refractivity contribution in [2.45, 2.75) is 89.4 Å². The highest BCUT2D eigenvalue weighted by molar-refractivity contribution is 6.76. The first-order chi connectivity index (χ1) is 20.9. The Kier molecular flexibility index (Phi) is 10.3. The Morgan fingerprint density at radius 1 is 0.955 bits per heavy atom. The first-order valence-corrected chi connectivity index (χ1v) is 23.8. The van der Waals surface area contributed by atoms with Crippen LogP contribution >= 0.6 is 0 Å². The van der Waals surface area contributed by atoms with Gasteiger partial charge in [-0.15, -0.1) is 0 Å². The molecule has 3 aromatic rings. The summed E-state index contributed by atoms with van der Waals surface area (Å²) in [6.45, 7) is 16.6. The Bertz CT molecular complexity index is 1380. The third-order valence-corrected chi connectivity index (χ3v) is 12.5. The van der Waals surface area contributed by atoms with Gasteiger partial charge in [0.1, 0.15) is 25.0 Å². The summed E-state index contributed by atoms with van der Waals surface area (Å²) in [5, 5.41) is 7.51. The zero-order valence-corrected chi connectivity index (χ0v) is 29.9. The number of aromatic nitrogens is 4. The molecular formula is C33H52N6O3Si2.